The zero-order chi connectivity index (χ0) is 22.7. The maximum atomic E-state index is 12.5. The van der Waals surface area contributed by atoms with E-state index < -0.39 is 11.8 Å². The molecule has 0 fully saturated rings. The molecule has 0 aliphatic carbocycles. The minimum Gasteiger partial charge on any atom is -0.322 e. The monoisotopic (exact) mass is 463 g/mol. The first-order valence-electron chi connectivity index (χ1n) is 9.68. The number of amides is 3. The Morgan fingerprint density at radius 2 is 1.34 bits per heavy atom. The number of fused-ring (bicyclic) bond motifs is 1. The summed E-state index contributed by atoms with van der Waals surface area (Å²) < 4.78 is 0.886. The molecule has 32 heavy (non-hydrogen) atoms. The van der Waals surface area contributed by atoms with E-state index in [0.717, 1.165) is 15.6 Å². The lowest BCUT2D eigenvalue weighted by Crippen LogP contribution is -2.41. The van der Waals surface area contributed by atoms with Crippen molar-refractivity contribution in [1.82, 2.24) is 10.9 Å². The van der Waals surface area contributed by atoms with Crippen LogP contribution in [0.25, 0.3) is 10.1 Å². The molecule has 160 valence electrons. The van der Waals surface area contributed by atoms with Crippen LogP contribution in [0.15, 0.2) is 72.8 Å². The normalized spacial score (nSPS) is 10.6. The molecule has 3 aromatic carbocycles. The second-order valence-corrected chi connectivity index (χ2v) is 8.48. The number of anilines is 1. The first-order chi connectivity index (χ1) is 15.4. The maximum absolute atomic E-state index is 12.5. The summed E-state index contributed by atoms with van der Waals surface area (Å²) in [7, 11) is 0. The predicted molar refractivity (Wildman–Crippen MR) is 127 cm³/mol. The number of carbonyl (C=O) groups is 3. The highest BCUT2D eigenvalue weighted by atomic mass is 35.5. The summed E-state index contributed by atoms with van der Waals surface area (Å²) in [6.07, 6.45) is 0. The number of rotatable bonds is 4. The number of hydrazine groups is 1. The van der Waals surface area contributed by atoms with Gasteiger partial charge in [0.1, 0.15) is 4.88 Å². The van der Waals surface area contributed by atoms with Crippen molar-refractivity contribution in [2.45, 2.75) is 6.92 Å². The highest BCUT2D eigenvalue weighted by molar-refractivity contribution is 7.21. The molecule has 0 saturated heterocycles. The Morgan fingerprint density at radius 1 is 0.750 bits per heavy atom. The van der Waals surface area contributed by atoms with E-state index in [9.17, 15) is 14.4 Å². The smallest absolute Gasteiger partial charge is 0.281 e. The fraction of sp³-hybridized carbons (Fsp3) is 0.0417. The fourth-order valence-electron chi connectivity index (χ4n) is 3.02. The summed E-state index contributed by atoms with van der Waals surface area (Å²) >= 11 is 7.55. The van der Waals surface area contributed by atoms with Gasteiger partial charge in [-0.3, -0.25) is 25.2 Å². The van der Waals surface area contributed by atoms with Crippen LogP contribution < -0.4 is 16.2 Å². The van der Waals surface area contributed by atoms with Gasteiger partial charge in [-0.05, 0) is 49.4 Å². The van der Waals surface area contributed by atoms with Crippen LogP contribution >= 0.6 is 22.9 Å². The number of carbonyl (C=O) groups excluding carboxylic acids is 3. The lowest BCUT2D eigenvalue weighted by molar-refractivity contribution is 0.0849. The van der Waals surface area contributed by atoms with E-state index >= 15 is 0 Å². The molecule has 0 unspecified atom stereocenters. The minimum atomic E-state index is -0.494. The molecule has 1 heterocycles. The Labute approximate surface area is 193 Å². The molecule has 4 rings (SSSR count). The van der Waals surface area contributed by atoms with E-state index in [1.807, 2.05) is 43.3 Å². The summed E-state index contributed by atoms with van der Waals surface area (Å²) in [4.78, 5) is 37.5. The van der Waals surface area contributed by atoms with E-state index in [4.69, 9.17) is 11.6 Å². The largest absolute Gasteiger partial charge is 0.322 e. The Kier molecular flexibility index (Phi) is 6.20. The molecule has 4 aromatic rings. The van der Waals surface area contributed by atoms with Gasteiger partial charge in [0, 0.05) is 26.9 Å². The standard InChI is InChI=1S/C24H18ClN3O3S/c1-14-6-8-15(9-7-14)22(29)26-17-12-10-16(11-13-17)23(30)27-28-24(31)21-20(25)18-4-2-3-5-19(18)32-21/h2-13H,1H3,(H,26,29)(H,27,30)(H,28,31). The lowest BCUT2D eigenvalue weighted by Gasteiger charge is -2.08. The van der Waals surface area contributed by atoms with Crippen LogP contribution in [0.1, 0.15) is 36.0 Å². The van der Waals surface area contributed by atoms with Gasteiger partial charge in [-0.1, -0.05) is 47.5 Å². The van der Waals surface area contributed by atoms with Crippen LogP contribution in [0.5, 0.6) is 0 Å². The molecule has 0 saturated carbocycles. The minimum absolute atomic E-state index is 0.241. The van der Waals surface area contributed by atoms with Gasteiger partial charge in [-0.15, -0.1) is 11.3 Å². The molecule has 1 aromatic heterocycles. The number of hydrogen-bond donors (Lipinski definition) is 3. The fourth-order valence-corrected chi connectivity index (χ4v) is 4.43. The molecule has 6 nitrogen and oxygen atoms in total. The number of aryl methyl sites for hydroxylation is 1. The van der Waals surface area contributed by atoms with E-state index in [2.05, 4.69) is 16.2 Å². The van der Waals surface area contributed by atoms with Gasteiger partial charge in [0.15, 0.2) is 0 Å². The van der Waals surface area contributed by atoms with E-state index in [1.54, 1.807) is 36.4 Å². The zero-order valence-corrected chi connectivity index (χ0v) is 18.5. The molecular formula is C24H18ClN3O3S. The average molecular weight is 464 g/mol. The van der Waals surface area contributed by atoms with Crippen molar-refractivity contribution in [3.63, 3.8) is 0 Å². The SMILES string of the molecule is Cc1ccc(C(=O)Nc2ccc(C(=O)NNC(=O)c3sc4ccccc4c3Cl)cc2)cc1. The van der Waals surface area contributed by atoms with Gasteiger partial charge < -0.3 is 5.32 Å². The highest BCUT2D eigenvalue weighted by Crippen LogP contribution is 2.34. The van der Waals surface area contributed by atoms with Crippen molar-refractivity contribution in [3.05, 3.63) is 99.4 Å². The Balaban J connectivity index is 1.36. The van der Waals surface area contributed by atoms with Gasteiger partial charge in [-0.25, -0.2) is 0 Å². The molecule has 3 N–H and O–H groups in total. The second kappa shape index (κ2) is 9.21. The Morgan fingerprint density at radius 3 is 2.03 bits per heavy atom. The van der Waals surface area contributed by atoms with Crippen molar-refractivity contribution in [2.24, 2.45) is 0 Å². The van der Waals surface area contributed by atoms with Crippen molar-refractivity contribution < 1.29 is 14.4 Å². The van der Waals surface area contributed by atoms with Gasteiger partial charge in [-0.2, -0.15) is 0 Å². The van der Waals surface area contributed by atoms with Crippen LogP contribution in [0.4, 0.5) is 5.69 Å². The van der Waals surface area contributed by atoms with Gasteiger partial charge in [0.25, 0.3) is 17.7 Å². The highest BCUT2D eigenvalue weighted by Gasteiger charge is 2.17. The van der Waals surface area contributed by atoms with E-state index in [0.29, 0.717) is 26.7 Å². The van der Waals surface area contributed by atoms with Gasteiger partial charge >= 0.3 is 0 Å². The van der Waals surface area contributed by atoms with E-state index in [1.165, 1.54) is 11.3 Å². The van der Waals surface area contributed by atoms with Crippen molar-refractivity contribution in [2.75, 3.05) is 5.32 Å². The van der Waals surface area contributed by atoms with Crippen LogP contribution in [-0.2, 0) is 0 Å². The number of hydrogen-bond acceptors (Lipinski definition) is 4. The number of halogens is 1. The molecule has 0 aliphatic rings. The van der Waals surface area contributed by atoms with Crippen molar-refractivity contribution >= 4 is 56.4 Å². The summed E-state index contributed by atoms with van der Waals surface area (Å²) in [5.41, 5.74) is 7.25. The van der Waals surface area contributed by atoms with Crippen LogP contribution in [0.2, 0.25) is 5.02 Å². The van der Waals surface area contributed by atoms with Crippen LogP contribution in [-0.4, -0.2) is 17.7 Å². The number of thiophene rings is 1. The summed E-state index contributed by atoms with van der Waals surface area (Å²) in [6, 6.07) is 21.0. The van der Waals surface area contributed by atoms with E-state index in [-0.39, 0.29) is 5.91 Å². The third-order valence-corrected chi connectivity index (χ3v) is 6.42. The Hall–Kier alpha value is -3.68. The third kappa shape index (κ3) is 4.64. The van der Waals surface area contributed by atoms with Gasteiger partial charge in [0.2, 0.25) is 0 Å². The molecular weight excluding hydrogens is 446 g/mol. The topological polar surface area (TPSA) is 87.3 Å². The molecule has 3 amide bonds. The molecule has 0 radical (unpaired) electrons. The van der Waals surface area contributed by atoms with Crippen molar-refractivity contribution in [1.29, 1.82) is 0 Å². The Bertz CT molecular complexity index is 1310. The number of nitrogens with one attached hydrogen (secondary N) is 3. The van der Waals surface area contributed by atoms with Crippen molar-refractivity contribution in [3.8, 4) is 0 Å². The molecule has 8 heteroatoms. The van der Waals surface area contributed by atoms with Gasteiger partial charge in [0.05, 0.1) is 5.02 Å². The summed E-state index contributed by atoms with van der Waals surface area (Å²) in [5.74, 6) is -1.23. The molecule has 0 aliphatic heterocycles. The van der Waals surface area contributed by atoms with Crippen LogP contribution in [0.3, 0.4) is 0 Å². The first-order valence-corrected chi connectivity index (χ1v) is 10.9. The lowest BCUT2D eigenvalue weighted by atomic mass is 10.1. The molecule has 0 atom stereocenters. The van der Waals surface area contributed by atoms with Crippen LogP contribution in [0, 0.1) is 6.92 Å². The zero-order valence-electron chi connectivity index (χ0n) is 16.9. The third-order valence-electron chi connectivity index (χ3n) is 4.75. The summed E-state index contributed by atoms with van der Waals surface area (Å²) in [5, 5.41) is 3.92. The maximum Gasteiger partial charge on any atom is 0.281 e. The first kappa shape index (κ1) is 21.5. The molecule has 0 spiro atoms. The quantitative estimate of drug-likeness (QED) is 0.364. The molecule has 0 bridgehead atoms. The number of benzene rings is 3. The predicted octanol–water partition coefficient (Wildman–Crippen LogP) is 5.19. The second-order valence-electron chi connectivity index (χ2n) is 7.05. The summed E-state index contributed by atoms with van der Waals surface area (Å²) in [6.45, 7) is 1.95. The average Bonchev–Trinajstić information content (AvgIpc) is 3.15.